The fourth-order valence-electron chi connectivity index (χ4n) is 4.67. The summed E-state index contributed by atoms with van der Waals surface area (Å²) < 4.78 is 42.3. The van der Waals surface area contributed by atoms with E-state index in [4.69, 9.17) is 11.6 Å². The van der Waals surface area contributed by atoms with Crippen molar-refractivity contribution in [1.82, 2.24) is 14.5 Å². The van der Waals surface area contributed by atoms with Gasteiger partial charge in [0.05, 0.1) is 10.9 Å². The highest BCUT2D eigenvalue weighted by Gasteiger charge is 2.32. The van der Waals surface area contributed by atoms with Gasteiger partial charge in [0.25, 0.3) is 5.56 Å². The molecule has 1 atom stereocenters. The Balaban J connectivity index is 1.86. The molecule has 0 spiro atoms. The van der Waals surface area contributed by atoms with E-state index in [1.807, 2.05) is 19.9 Å². The van der Waals surface area contributed by atoms with E-state index in [0.29, 0.717) is 46.9 Å². The van der Waals surface area contributed by atoms with Crippen LogP contribution in [-0.2, 0) is 16.3 Å². The highest BCUT2D eigenvalue weighted by molar-refractivity contribution is 7.91. The number of hydrogen-bond acceptors (Lipinski definition) is 6. The number of sulfone groups is 1. The standard InChI is InChI=1S/C29H29ClFN3O4S/c1-4-6-10-26-33-28(35)27(29(36)34(26)24(5-2)20-8-7-9-21(30)17-20)39(37,38)22-13-11-19(12-14-22)23-15-16-25(31)32-18(23)3/h7-9,11-17,24,36H,4-6,10H2,1-3H3/t24-/m0/s1. The first kappa shape index (κ1) is 28.4. The molecule has 7 nitrogen and oxygen atoms in total. The molecule has 0 aliphatic heterocycles. The van der Waals surface area contributed by atoms with Gasteiger partial charge >= 0.3 is 0 Å². The molecule has 10 heteroatoms. The van der Waals surface area contributed by atoms with Gasteiger partial charge in [0.1, 0.15) is 5.82 Å². The molecule has 0 saturated heterocycles. The zero-order valence-electron chi connectivity index (χ0n) is 21.9. The van der Waals surface area contributed by atoms with E-state index in [-0.39, 0.29) is 4.90 Å². The number of aryl methyl sites for hydroxylation is 2. The van der Waals surface area contributed by atoms with Crippen molar-refractivity contribution < 1.29 is 17.9 Å². The zero-order chi connectivity index (χ0) is 28.3. The van der Waals surface area contributed by atoms with Gasteiger partial charge in [0.15, 0.2) is 4.90 Å². The van der Waals surface area contributed by atoms with E-state index >= 15 is 0 Å². The van der Waals surface area contributed by atoms with Crippen LogP contribution in [0.1, 0.15) is 56.2 Å². The third-order valence-electron chi connectivity index (χ3n) is 6.62. The minimum atomic E-state index is -4.46. The Kier molecular flexibility index (Phi) is 8.51. The molecule has 204 valence electrons. The minimum absolute atomic E-state index is 0.183. The van der Waals surface area contributed by atoms with Crippen LogP contribution in [0.25, 0.3) is 11.1 Å². The van der Waals surface area contributed by atoms with Crippen molar-refractivity contribution in [1.29, 1.82) is 0 Å². The summed E-state index contributed by atoms with van der Waals surface area (Å²) in [6.45, 7) is 5.54. The third kappa shape index (κ3) is 5.74. The lowest BCUT2D eigenvalue weighted by Crippen LogP contribution is -2.27. The lowest BCUT2D eigenvalue weighted by molar-refractivity contribution is 0.358. The second-order valence-electron chi connectivity index (χ2n) is 9.23. The predicted octanol–water partition coefficient (Wildman–Crippen LogP) is 6.29. The van der Waals surface area contributed by atoms with E-state index in [1.165, 1.54) is 22.8 Å². The highest BCUT2D eigenvalue weighted by atomic mass is 35.5. The predicted molar refractivity (Wildman–Crippen MR) is 148 cm³/mol. The Hall–Kier alpha value is -3.56. The molecule has 2 heterocycles. The van der Waals surface area contributed by atoms with Crippen molar-refractivity contribution in [2.24, 2.45) is 0 Å². The molecule has 0 radical (unpaired) electrons. The molecule has 0 fully saturated rings. The Morgan fingerprint density at radius 3 is 2.38 bits per heavy atom. The average molecular weight is 570 g/mol. The van der Waals surface area contributed by atoms with Crippen molar-refractivity contribution in [3.8, 4) is 17.0 Å². The Bertz CT molecular complexity index is 1670. The number of unbranched alkanes of at least 4 members (excludes halogenated alkanes) is 1. The molecule has 0 aliphatic carbocycles. The number of rotatable bonds is 9. The molecule has 1 N–H and O–H groups in total. The molecule has 2 aromatic carbocycles. The number of nitrogens with zero attached hydrogens (tertiary/aromatic N) is 3. The van der Waals surface area contributed by atoms with Crippen molar-refractivity contribution in [3.63, 3.8) is 0 Å². The van der Waals surface area contributed by atoms with E-state index in [9.17, 15) is 22.7 Å². The maximum Gasteiger partial charge on any atom is 0.296 e. The largest absolute Gasteiger partial charge is 0.493 e. The van der Waals surface area contributed by atoms with Crippen LogP contribution in [0.15, 0.2) is 75.2 Å². The summed E-state index contributed by atoms with van der Waals surface area (Å²) in [6.07, 6.45) is 2.39. The molecular weight excluding hydrogens is 541 g/mol. The molecule has 39 heavy (non-hydrogen) atoms. The van der Waals surface area contributed by atoms with E-state index in [1.54, 1.807) is 43.3 Å². The Morgan fingerprint density at radius 1 is 1.05 bits per heavy atom. The van der Waals surface area contributed by atoms with Gasteiger partial charge < -0.3 is 5.11 Å². The Labute approximate surface area is 231 Å². The molecule has 0 amide bonds. The van der Waals surface area contributed by atoms with Gasteiger partial charge in [-0.25, -0.2) is 13.4 Å². The fourth-order valence-corrected chi connectivity index (χ4v) is 6.21. The van der Waals surface area contributed by atoms with Gasteiger partial charge in [-0.05, 0) is 67.3 Å². The monoisotopic (exact) mass is 569 g/mol. The van der Waals surface area contributed by atoms with Crippen LogP contribution in [-0.4, -0.2) is 28.1 Å². The molecular formula is C29H29ClFN3O4S. The lowest BCUT2D eigenvalue weighted by Gasteiger charge is -2.25. The second kappa shape index (κ2) is 11.7. The van der Waals surface area contributed by atoms with Crippen LogP contribution < -0.4 is 5.56 Å². The number of hydrogen-bond donors (Lipinski definition) is 1. The molecule has 2 aromatic heterocycles. The third-order valence-corrected chi connectivity index (χ3v) is 8.64. The first-order valence-electron chi connectivity index (χ1n) is 12.7. The fraction of sp³-hybridized carbons (Fsp3) is 0.276. The number of benzene rings is 2. The number of halogens is 2. The molecule has 0 saturated carbocycles. The van der Waals surface area contributed by atoms with E-state index in [2.05, 4.69) is 9.97 Å². The SMILES string of the molecule is CCCCc1nc(=O)c(S(=O)(=O)c2ccc(-c3ccc(F)nc3C)cc2)c(O)n1[C@@H](CC)c1cccc(Cl)c1. The second-order valence-corrected chi connectivity index (χ2v) is 11.6. The van der Waals surface area contributed by atoms with Gasteiger partial charge in [-0.3, -0.25) is 9.36 Å². The van der Waals surface area contributed by atoms with Gasteiger partial charge in [-0.15, -0.1) is 0 Å². The van der Waals surface area contributed by atoms with Crippen LogP contribution in [0.2, 0.25) is 5.02 Å². The summed E-state index contributed by atoms with van der Waals surface area (Å²) in [6, 6.07) is 15.1. The minimum Gasteiger partial charge on any atom is -0.493 e. The van der Waals surface area contributed by atoms with Gasteiger partial charge in [-0.1, -0.05) is 56.1 Å². The molecule has 4 aromatic rings. The highest BCUT2D eigenvalue weighted by Crippen LogP contribution is 2.34. The average Bonchev–Trinajstić information content (AvgIpc) is 2.89. The maximum atomic E-state index is 13.7. The van der Waals surface area contributed by atoms with Crippen molar-refractivity contribution >= 4 is 21.4 Å². The summed E-state index contributed by atoms with van der Waals surface area (Å²) in [5, 5.41) is 11.9. The van der Waals surface area contributed by atoms with Crippen LogP contribution in [0, 0.1) is 12.9 Å². The quantitative estimate of drug-likeness (QED) is 0.238. The first-order valence-corrected chi connectivity index (χ1v) is 14.5. The normalized spacial score (nSPS) is 12.4. The topological polar surface area (TPSA) is 102 Å². The van der Waals surface area contributed by atoms with Gasteiger partial charge in [0.2, 0.25) is 21.7 Å². The Morgan fingerprint density at radius 2 is 1.77 bits per heavy atom. The molecule has 0 aliphatic rings. The first-order chi connectivity index (χ1) is 18.6. The summed E-state index contributed by atoms with van der Waals surface area (Å²) in [5.74, 6) is -0.962. The maximum absolute atomic E-state index is 13.7. The van der Waals surface area contributed by atoms with Gasteiger partial charge in [0, 0.05) is 22.7 Å². The summed E-state index contributed by atoms with van der Waals surface area (Å²) in [4.78, 5) is 20.1. The molecule has 4 rings (SSSR count). The number of pyridine rings is 1. The summed E-state index contributed by atoms with van der Waals surface area (Å²) >= 11 is 6.22. The van der Waals surface area contributed by atoms with Crippen LogP contribution in [0.3, 0.4) is 0 Å². The van der Waals surface area contributed by atoms with E-state index < -0.39 is 38.2 Å². The van der Waals surface area contributed by atoms with Gasteiger partial charge in [-0.2, -0.15) is 9.37 Å². The summed E-state index contributed by atoms with van der Waals surface area (Å²) in [5.41, 5.74) is 1.45. The van der Waals surface area contributed by atoms with E-state index in [0.717, 1.165) is 12.0 Å². The zero-order valence-corrected chi connectivity index (χ0v) is 23.4. The summed E-state index contributed by atoms with van der Waals surface area (Å²) in [7, 11) is -4.46. The van der Waals surface area contributed by atoms with Crippen molar-refractivity contribution in [2.45, 2.75) is 62.3 Å². The van der Waals surface area contributed by atoms with Crippen molar-refractivity contribution in [3.05, 3.63) is 99.1 Å². The number of aromatic nitrogens is 3. The lowest BCUT2D eigenvalue weighted by atomic mass is 10.0. The molecule has 0 bridgehead atoms. The smallest absolute Gasteiger partial charge is 0.296 e. The molecule has 0 unspecified atom stereocenters. The van der Waals surface area contributed by atoms with Crippen LogP contribution >= 0.6 is 11.6 Å². The number of aromatic hydroxyl groups is 1. The van der Waals surface area contributed by atoms with Crippen LogP contribution in [0.4, 0.5) is 4.39 Å². The van der Waals surface area contributed by atoms with Crippen LogP contribution in [0.5, 0.6) is 5.88 Å². The van der Waals surface area contributed by atoms with Crippen molar-refractivity contribution in [2.75, 3.05) is 0 Å².